The van der Waals surface area contributed by atoms with E-state index in [1.807, 2.05) is 0 Å². The van der Waals surface area contributed by atoms with Crippen molar-refractivity contribution in [1.82, 2.24) is 14.6 Å². The smallest absolute Gasteiger partial charge is 0.330 e. The number of rotatable bonds is 11. The number of aliphatic hydroxyl groups is 2. The number of carbonyl (C=O) groups is 1. The van der Waals surface area contributed by atoms with Crippen LogP contribution < -0.4 is 20.9 Å². The second-order valence-electron chi connectivity index (χ2n) is 8.85. The molecule has 39 heavy (non-hydrogen) atoms. The Labute approximate surface area is 224 Å². The first-order valence-corrected chi connectivity index (χ1v) is 14.1. The van der Waals surface area contributed by atoms with Gasteiger partial charge in [-0.25, -0.2) is 18.7 Å². The van der Waals surface area contributed by atoms with Gasteiger partial charge in [-0.3, -0.25) is 19.1 Å². The van der Waals surface area contributed by atoms with Gasteiger partial charge < -0.3 is 28.7 Å². The van der Waals surface area contributed by atoms with Crippen molar-refractivity contribution < 1.29 is 46.7 Å². The topological polar surface area (TPSA) is 161 Å². The molecule has 0 bridgehead atoms. The van der Waals surface area contributed by atoms with E-state index in [1.165, 1.54) is 19.1 Å². The molecule has 0 saturated carbocycles. The molecule has 17 heteroatoms. The highest BCUT2D eigenvalue weighted by Gasteiger charge is 2.61. The lowest BCUT2D eigenvalue weighted by atomic mass is 9.96. The molecule has 1 fully saturated rings. The third-order valence-corrected chi connectivity index (χ3v) is 7.99. The molecule has 4 N–H and O–H groups in total. The van der Waals surface area contributed by atoms with Crippen molar-refractivity contribution in [2.24, 2.45) is 0 Å². The van der Waals surface area contributed by atoms with Crippen LogP contribution in [-0.2, 0) is 30.6 Å². The number of alkyl halides is 2. The maximum atomic E-state index is 14.4. The number of aliphatic hydroxyl groups excluding tert-OH is 2. The van der Waals surface area contributed by atoms with Crippen LogP contribution in [0.5, 0.6) is 5.75 Å². The second kappa shape index (κ2) is 12.3. The third kappa shape index (κ3) is 6.95. The Bertz CT molecular complexity index is 1330. The molecular weight excluding hydrogens is 570 g/mol. The van der Waals surface area contributed by atoms with Crippen LogP contribution in [-0.4, -0.2) is 68.7 Å². The van der Waals surface area contributed by atoms with Gasteiger partial charge in [0, 0.05) is 0 Å². The Morgan fingerprint density at radius 1 is 1.26 bits per heavy atom. The van der Waals surface area contributed by atoms with Crippen LogP contribution in [0.1, 0.15) is 27.0 Å². The Morgan fingerprint density at radius 2 is 1.90 bits per heavy atom. The number of para-hydroxylation sites is 1. The van der Waals surface area contributed by atoms with Crippen molar-refractivity contribution in [3.8, 4) is 5.75 Å². The molecule has 0 aliphatic carbocycles. The third-order valence-electron chi connectivity index (χ3n) is 5.51. The number of aromatic nitrogens is 2. The molecule has 0 spiro atoms. The van der Waals surface area contributed by atoms with Crippen LogP contribution >= 0.6 is 6.64 Å². The minimum atomic E-state index is -3.89. The van der Waals surface area contributed by atoms with E-state index in [1.54, 1.807) is 37.0 Å². The number of aromatic amines is 1. The van der Waals surface area contributed by atoms with Gasteiger partial charge in [-0.05, 0) is 44.7 Å². The number of nitrogens with one attached hydrogen (secondary N) is 2. The van der Waals surface area contributed by atoms with Crippen LogP contribution in [0.4, 0.5) is 13.2 Å². The summed E-state index contributed by atoms with van der Waals surface area (Å²) in [4.78, 5) is 37.5. The lowest BCUT2D eigenvalue weighted by Gasteiger charge is -2.34. The number of H-pyrrole nitrogens is 1. The van der Waals surface area contributed by atoms with Gasteiger partial charge in [0.25, 0.3) is 12.0 Å². The van der Waals surface area contributed by atoms with Crippen LogP contribution in [0.15, 0.2) is 46.1 Å². The minimum absolute atomic E-state index is 0.157. The van der Waals surface area contributed by atoms with E-state index in [2.05, 4.69) is 5.09 Å². The summed E-state index contributed by atoms with van der Waals surface area (Å²) in [5, 5.41) is 23.7. The first-order valence-electron chi connectivity index (χ1n) is 11.5. The maximum absolute atomic E-state index is 14.4. The zero-order chi connectivity index (χ0) is 29.1. The molecule has 1 aliphatic heterocycles. The molecule has 2 heterocycles. The minimum Gasteiger partial charge on any atom is -0.462 e. The molecule has 3 rings (SSSR count). The standard InChI is InChI=1S/C22H27F3N3O9PS/c1-11(2)35-19(32)12(3)27-38(39,37-13-7-5-4-6-8-13)34-10-22(20(24)25)16(30)15(29)18(36-22)28-9-14(23)17(31)26-21(28)33/h4-9,11-12,15-16,18,20,29-30H,10H2,1-3H3,(H,27,39)(H,26,31,33)/t12-,15+,16+,18+,22+,38?/m0/s1. The van der Waals surface area contributed by atoms with Gasteiger partial charge in [-0.2, -0.15) is 4.39 Å². The molecule has 12 nitrogen and oxygen atoms in total. The maximum Gasteiger partial charge on any atom is 0.330 e. The Balaban J connectivity index is 1.92. The monoisotopic (exact) mass is 597 g/mol. The molecule has 1 aliphatic rings. The van der Waals surface area contributed by atoms with Crippen molar-refractivity contribution in [3.05, 3.63) is 63.2 Å². The summed E-state index contributed by atoms with van der Waals surface area (Å²) in [6.07, 6.45) is -10.3. The number of halogens is 3. The molecule has 1 aromatic heterocycles. The lowest BCUT2D eigenvalue weighted by molar-refractivity contribution is -0.192. The molecular formula is C22H27F3N3O9PS. The second-order valence-corrected chi connectivity index (χ2v) is 12.0. The largest absolute Gasteiger partial charge is 0.462 e. The first-order chi connectivity index (χ1) is 18.2. The van der Waals surface area contributed by atoms with Crippen molar-refractivity contribution in [3.63, 3.8) is 0 Å². The van der Waals surface area contributed by atoms with E-state index < -0.39 is 78.9 Å². The number of nitrogens with zero attached hydrogens (tertiary/aromatic N) is 1. The van der Waals surface area contributed by atoms with Gasteiger partial charge >= 0.3 is 18.3 Å². The molecule has 0 radical (unpaired) electrons. The van der Waals surface area contributed by atoms with E-state index in [0.29, 0.717) is 10.8 Å². The number of hydrogen-bond acceptors (Lipinski definition) is 10. The number of hydrogen-bond donors (Lipinski definition) is 4. The summed E-state index contributed by atoms with van der Waals surface area (Å²) >= 11 is 5.47. The fourth-order valence-corrected chi connectivity index (χ4v) is 5.98. The van der Waals surface area contributed by atoms with E-state index in [4.69, 9.17) is 30.3 Å². The quantitative estimate of drug-likeness (QED) is 0.218. The number of esters is 1. The Morgan fingerprint density at radius 3 is 2.49 bits per heavy atom. The molecule has 216 valence electrons. The van der Waals surface area contributed by atoms with Gasteiger partial charge in [0.1, 0.15) is 24.0 Å². The normalized spacial score (nSPS) is 25.4. The summed E-state index contributed by atoms with van der Waals surface area (Å²) in [7, 11) is 0. The highest BCUT2D eigenvalue weighted by Crippen LogP contribution is 2.49. The van der Waals surface area contributed by atoms with E-state index in [-0.39, 0.29) is 5.75 Å². The zero-order valence-corrected chi connectivity index (χ0v) is 22.5. The van der Waals surface area contributed by atoms with Gasteiger partial charge in [0.05, 0.1) is 18.9 Å². The van der Waals surface area contributed by atoms with E-state index in [0.717, 1.165) is 0 Å². The van der Waals surface area contributed by atoms with E-state index >= 15 is 0 Å². The molecule has 2 aromatic rings. The number of carbonyl (C=O) groups excluding carboxylic acids is 1. The van der Waals surface area contributed by atoms with Crippen LogP contribution in [0.3, 0.4) is 0 Å². The molecule has 0 amide bonds. The van der Waals surface area contributed by atoms with Crippen molar-refractivity contribution >= 4 is 24.4 Å². The summed E-state index contributed by atoms with van der Waals surface area (Å²) in [6.45, 7) is -0.487. The lowest BCUT2D eigenvalue weighted by Crippen LogP contribution is -2.53. The molecule has 6 atom stereocenters. The molecule has 1 unspecified atom stereocenters. The van der Waals surface area contributed by atoms with Gasteiger partial charge in [0.15, 0.2) is 11.8 Å². The van der Waals surface area contributed by atoms with Crippen LogP contribution in [0.25, 0.3) is 0 Å². The number of benzene rings is 1. The SMILES string of the molecule is CC(C)OC(=O)[C@H](C)NP(=S)(OC[C@@]1(C(F)F)O[C@@H](n2cc(F)c(=O)[nH]c2=O)[C@H](O)[C@H]1O)Oc1ccccc1. The molecule has 1 saturated heterocycles. The highest BCUT2D eigenvalue weighted by atomic mass is 32.5. The summed E-state index contributed by atoms with van der Waals surface area (Å²) < 4.78 is 64.7. The highest BCUT2D eigenvalue weighted by molar-refractivity contribution is 8.09. The van der Waals surface area contributed by atoms with Crippen molar-refractivity contribution in [2.45, 2.75) is 63.4 Å². The Hall–Kier alpha value is -2.59. The fourth-order valence-electron chi connectivity index (χ4n) is 3.56. The van der Waals surface area contributed by atoms with E-state index in [9.17, 15) is 37.8 Å². The van der Waals surface area contributed by atoms with Crippen LogP contribution in [0.2, 0.25) is 0 Å². The van der Waals surface area contributed by atoms with Crippen molar-refractivity contribution in [2.75, 3.05) is 6.61 Å². The van der Waals surface area contributed by atoms with Gasteiger partial charge in [-0.15, -0.1) is 0 Å². The Kier molecular flexibility index (Phi) is 9.75. The number of ether oxygens (including phenoxy) is 2. The summed E-state index contributed by atoms with van der Waals surface area (Å²) in [6, 6.07) is 6.72. The van der Waals surface area contributed by atoms with Crippen LogP contribution in [0, 0.1) is 5.82 Å². The van der Waals surface area contributed by atoms with Gasteiger partial charge in [-0.1, -0.05) is 18.2 Å². The zero-order valence-electron chi connectivity index (χ0n) is 20.8. The first kappa shape index (κ1) is 30.9. The van der Waals surface area contributed by atoms with Gasteiger partial charge in [0.2, 0.25) is 5.82 Å². The average molecular weight is 598 g/mol. The summed E-state index contributed by atoms with van der Waals surface area (Å²) in [5.74, 6) is -2.05. The molecule has 1 aromatic carbocycles. The fraction of sp³-hybridized carbons (Fsp3) is 0.500. The predicted octanol–water partition coefficient (Wildman–Crippen LogP) is 1.18. The van der Waals surface area contributed by atoms with Crippen molar-refractivity contribution in [1.29, 1.82) is 0 Å². The predicted molar refractivity (Wildman–Crippen MR) is 133 cm³/mol. The average Bonchev–Trinajstić information content (AvgIpc) is 3.11. The summed E-state index contributed by atoms with van der Waals surface area (Å²) in [5.41, 5.74) is -5.67.